The molecule has 3 nitrogen and oxygen atoms in total. The van der Waals surface area contributed by atoms with Crippen molar-refractivity contribution in [2.45, 2.75) is 31.3 Å². The Balaban J connectivity index is 2.35. The molecule has 0 radical (unpaired) electrons. The molecule has 1 N–H and O–H groups in total. The lowest BCUT2D eigenvalue weighted by atomic mass is 9.77. The number of hydrogen-bond acceptors (Lipinski definition) is 2. The fraction of sp³-hybridized carbons (Fsp3) is 0.417. The Bertz CT molecular complexity index is 500. The van der Waals surface area contributed by atoms with Gasteiger partial charge in [-0.1, -0.05) is 0 Å². The molecular weight excluding hydrogens is 268 g/mol. The van der Waals surface area contributed by atoms with Crippen molar-refractivity contribution in [1.29, 1.82) is 0 Å². The van der Waals surface area contributed by atoms with E-state index in [2.05, 4.69) is 0 Å². The summed E-state index contributed by atoms with van der Waals surface area (Å²) in [5.74, 6) is -8.89. The number of carboxylic acids is 1. The minimum absolute atomic E-state index is 0.0716. The average Bonchev–Trinajstić information content (AvgIpc) is 2.28. The smallest absolute Gasteiger partial charge is 0.307 e. The van der Waals surface area contributed by atoms with E-state index in [1.54, 1.807) is 0 Å². The van der Waals surface area contributed by atoms with Crippen LogP contribution in [0.5, 0.6) is 5.75 Å². The van der Waals surface area contributed by atoms with Crippen LogP contribution in [0.3, 0.4) is 0 Å². The zero-order valence-electron chi connectivity index (χ0n) is 9.68. The third kappa shape index (κ3) is 2.50. The van der Waals surface area contributed by atoms with Crippen molar-refractivity contribution < 1.29 is 32.2 Å². The number of hydrogen-bond donors (Lipinski definition) is 1. The van der Waals surface area contributed by atoms with Gasteiger partial charge in [-0.3, -0.25) is 4.79 Å². The number of benzene rings is 1. The Morgan fingerprint density at radius 2 is 1.74 bits per heavy atom. The van der Waals surface area contributed by atoms with Gasteiger partial charge in [0.2, 0.25) is 11.6 Å². The molecule has 1 aliphatic rings. The summed E-state index contributed by atoms with van der Waals surface area (Å²) in [7, 11) is 0. The first kappa shape index (κ1) is 13.6. The molecule has 1 saturated carbocycles. The summed E-state index contributed by atoms with van der Waals surface area (Å²) in [6.07, 6.45) is 0.658. The van der Waals surface area contributed by atoms with Gasteiger partial charge < -0.3 is 9.84 Å². The van der Waals surface area contributed by atoms with Gasteiger partial charge in [0.25, 0.3) is 0 Å². The first-order valence-corrected chi connectivity index (χ1v) is 5.58. The maximum atomic E-state index is 13.4. The van der Waals surface area contributed by atoms with Gasteiger partial charge in [0.1, 0.15) is 5.60 Å². The van der Waals surface area contributed by atoms with Crippen LogP contribution in [0.4, 0.5) is 17.6 Å². The maximum absolute atomic E-state index is 13.4. The van der Waals surface area contributed by atoms with E-state index in [4.69, 9.17) is 9.84 Å². The number of aliphatic carboxylic acids is 1. The highest BCUT2D eigenvalue weighted by molar-refractivity contribution is 5.68. The van der Waals surface area contributed by atoms with Crippen LogP contribution in [0, 0.1) is 23.3 Å². The summed E-state index contributed by atoms with van der Waals surface area (Å²) in [5, 5.41) is 8.72. The van der Waals surface area contributed by atoms with Crippen molar-refractivity contribution in [2.75, 3.05) is 0 Å². The fourth-order valence-electron chi connectivity index (χ4n) is 2.02. The predicted molar refractivity (Wildman–Crippen MR) is 55.7 cm³/mol. The summed E-state index contributed by atoms with van der Waals surface area (Å²) >= 11 is 0. The fourth-order valence-corrected chi connectivity index (χ4v) is 2.02. The molecule has 0 aromatic heterocycles. The third-order valence-corrected chi connectivity index (χ3v) is 3.13. The molecule has 7 heteroatoms. The molecule has 19 heavy (non-hydrogen) atoms. The summed E-state index contributed by atoms with van der Waals surface area (Å²) in [4.78, 5) is 10.7. The number of carbonyl (C=O) groups is 1. The molecule has 0 bridgehead atoms. The van der Waals surface area contributed by atoms with Crippen LogP contribution >= 0.6 is 0 Å². The van der Waals surface area contributed by atoms with E-state index in [1.807, 2.05) is 0 Å². The Morgan fingerprint density at radius 3 is 2.11 bits per heavy atom. The molecule has 2 rings (SSSR count). The van der Waals surface area contributed by atoms with E-state index in [0.717, 1.165) is 0 Å². The first-order valence-electron chi connectivity index (χ1n) is 5.58. The molecule has 1 aliphatic carbocycles. The van der Waals surface area contributed by atoms with E-state index < -0.39 is 47.0 Å². The zero-order valence-corrected chi connectivity index (χ0v) is 9.68. The molecule has 0 aliphatic heterocycles. The van der Waals surface area contributed by atoms with Crippen molar-refractivity contribution in [3.8, 4) is 5.75 Å². The van der Waals surface area contributed by atoms with Crippen LogP contribution in [-0.2, 0) is 4.79 Å². The maximum Gasteiger partial charge on any atom is 0.307 e. The highest BCUT2D eigenvalue weighted by Crippen LogP contribution is 2.41. The van der Waals surface area contributed by atoms with Crippen LogP contribution in [0.15, 0.2) is 6.07 Å². The van der Waals surface area contributed by atoms with Gasteiger partial charge in [0.05, 0.1) is 6.42 Å². The predicted octanol–water partition coefficient (Wildman–Crippen LogP) is 3.02. The number of halogens is 4. The molecule has 0 unspecified atom stereocenters. The van der Waals surface area contributed by atoms with Gasteiger partial charge >= 0.3 is 5.97 Å². The summed E-state index contributed by atoms with van der Waals surface area (Å²) in [5.41, 5.74) is -1.30. The zero-order chi connectivity index (χ0) is 14.2. The molecule has 104 valence electrons. The van der Waals surface area contributed by atoms with E-state index in [9.17, 15) is 22.4 Å². The van der Waals surface area contributed by atoms with Crippen molar-refractivity contribution in [2.24, 2.45) is 0 Å². The molecule has 1 aromatic rings. The average molecular weight is 278 g/mol. The second-order valence-electron chi connectivity index (χ2n) is 4.51. The Kier molecular flexibility index (Phi) is 3.38. The summed E-state index contributed by atoms with van der Waals surface area (Å²) in [6, 6.07) is 0.0716. The number of rotatable bonds is 4. The summed E-state index contributed by atoms with van der Waals surface area (Å²) in [6.45, 7) is 0. The van der Waals surface area contributed by atoms with Crippen LogP contribution in [-0.4, -0.2) is 16.7 Å². The molecule has 1 aromatic carbocycles. The highest BCUT2D eigenvalue weighted by atomic mass is 19.2. The van der Waals surface area contributed by atoms with Gasteiger partial charge in [-0.2, -0.15) is 8.78 Å². The Morgan fingerprint density at radius 1 is 1.21 bits per heavy atom. The van der Waals surface area contributed by atoms with Crippen molar-refractivity contribution in [3.05, 3.63) is 29.3 Å². The largest absolute Gasteiger partial charge is 0.481 e. The molecule has 0 heterocycles. The molecule has 0 atom stereocenters. The Labute approximate surface area is 105 Å². The minimum atomic E-state index is -1.66. The van der Waals surface area contributed by atoms with E-state index in [1.165, 1.54) is 0 Å². The van der Waals surface area contributed by atoms with Gasteiger partial charge in [0.15, 0.2) is 17.4 Å². The van der Waals surface area contributed by atoms with Crippen LogP contribution < -0.4 is 4.74 Å². The van der Waals surface area contributed by atoms with Gasteiger partial charge in [-0.15, -0.1) is 0 Å². The van der Waals surface area contributed by atoms with Crippen LogP contribution in [0.1, 0.15) is 25.7 Å². The van der Waals surface area contributed by atoms with Crippen molar-refractivity contribution in [3.63, 3.8) is 0 Å². The Hall–Kier alpha value is -1.79. The summed E-state index contributed by atoms with van der Waals surface area (Å²) < 4.78 is 57.8. The van der Waals surface area contributed by atoms with Crippen molar-refractivity contribution in [1.82, 2.24) is 0 Å². The lowest BCUT2D eigenvalue weighted by Crippen LogP contribution is -2.45. The number of ether oxygens (including phenoxy) is 1. The molecule has 0 spiro atoms. The topological polar surface area (TPSA) is 46.5 Å². The third-order valence-electron chi connectivity index (χ3n) is 3.13. The lowest BCUT2D eigenvalue weighted by molar-refractivity contribution is -0.144. The molecule has 0 saturated heterocycles. The van der Waals surface area contributed by atoms with E-state index in [0.29, 0.717) is 6.42 Å². The standard InChI is InChI=1S/C12H10F4O3/c13-6-4-7(14)10(16)11(9(6)15)19-12(2-1-3-12)5-8(17)18/h4H,1-3,5H2,(H,17,18). The SMILES string of the molecule is O=C(O)CC1(Oc2c(F)c(F)cc(F)c2F)CCC1. The van der Waals surface area contributed by atoms with Gasteiger partial charge in [0, 0.05) is 6.07 Å². The quantitative estimate of drug-likeness (QED) is 0.680. The van der Waals surface area contributed by atoms with Crippen LogP contribution in [0.25, 0.3) is 0 Å². The highest BCUT2D eigenvalue weighted by Gasteiger charge is 2.43. The molecule has 1 fully saturated rings. The van der Waals surface area contributed by atoms with Crippen LogP contribution in [0.2, 0.25) is 0 Å². The number of carboxylic acid groups (broad SMARTS) is 1. The minimum Gasteiger partial charge on any atom is -0.481 e. The first-order chi connectivity index (χ1) is 8.84. The van der Waals surface area contributed by atoms with E-state index >= 15 is 0 Å². The van der Waals surface area contributed by atoms with Crippen molar-refractivity contribution >= 4 is 5.97 Å². The monoisotopic (exact) mass is 278 g/mol. The lowest BCUT2D eigenvalue weighted by Gasteiger charge is -2.40. The van der Waals surface area contributed by atoms with Gasteiger partial charge in [-0.25, -0.2) is 8.78 Å². The van der Waals surface area contributed by atoms with Gasteiger partial charge in [-0.05, 0) is 19.3 Å². The second kappa shape index (κ2) is 4.71. The second-order valence-corrected chi connectivity index (χ2v) is 4.51. The molecular formula is C12H10F4O3. The molecule has 0 amide bonds. The van der Waals surface area contributed by atoms with E-state index in [-0.39, 0.29) is 18.9 Å². The normalized spacial score (nSPS) is 16.8.